The van der Waals surface area contributed by atoms with E-state index in [-0.39, 0.29) is 12.5 Å². The van der Waals surface area contributed by atoms with Gasteiger partial charge in [0.2, 0.25) is 5.91 Å². The van der Waals surface area contributed by atoms with Gasteiger partial charge in [-0.25, -0.2) is 0 Å². The van der Waals surface area contributed by atoms with Gasteiger partial charge < -0.3 is 4.74 Å². The first-order valence-electron chi connectivity index (χ1n) is 6.33. The van der Waals surface area contributed by atoms with Crippen molar-refractivity contribution in [2.75, 3.05) is 6.61 Å². The Labute approximate surface area is 113 Å². The number of carbonyl (C=O) groups excluding carboxylic acids is 2. The van der Waals surface area contributed by atoms with Crippen LogP contribution in [-0.2, 0) is 9.59 Å². The minimum atomic E-state index is -0.394. The first-order valence-corrected chi connectivity index (χ1v) is 6.33. The molecule has 0 unspecified atom stereocenters. The number of benzene rings is 1. The van der Waals surface area contributed by atoms with Crippen LogP contribution in [0.15, 0.2) is 24.3 Å². The normalized spacial score (nSPS) is 10.1. The Morgan fingerprint density at radius 1 is 1.11 bits per heavy atom. The van der Waals surface area contributed by atoms with Gasteiger partial charge in [-0.05, 0) is 23.6 Å². The van der Waals surface area contributed by atoms with E-state index in [0.29, 0.717) is 18.1 Å². The largest absolute Gasteiger partial charge is 0.484 e. The molecule has 0 aromatic heterocycles. The number of carbonyl (C=O) groups is 2. The van der Waals surface area contributed by atoms with Crippen LogP contribution in [-0.4, -0.2) is 18.4 Å². The molecule has 2 amide bonds. The topological polar surface area (TPSA) is 67.4 Å². The van der Waals surface area contributed by atoms with Crippen LogP contribution in [0.25, 0.3) is 0 Å². The van der Waals surface area contributed by atoms with Crippen LogP contribution in [0.2, 0.25) is 0 Å². The molecule has 0 spiro atoms. The second-order valence-electron chi connectivity index (χ2n) is 4.46. The second-order valence-corrected chi connectivity index (χ2v) is 4.46. The average molecular weight is 264 g/mol. The van der Waals surface area contributed by atoms with Gasteiger partial charge in [0.05, 0.1) is 0 Å². The van der Waals surface area contributed by atoms with Gasteiger partial charge in [-0.15, -0.1) is 0 Å². The quantitative estimate of drug-likeness (QED) is 0.796. The van der Waals surface area contributed by atoms with Crippen LogP contribution in [0.4, 0.5) is 0 Å². The Bertz CT molecular complexity index is 427. The molecule has 5 nitrogen and oxygen atoms in total. The average Bonchev–Trinajstić information content (AvgIpc) is 2.42. The van der Waals surface area contributed by atoms with Crippen molar-refractivity contribution in [2.45, 2.75) is 33.1 Å². The van der Waals surface area contributed by atoms with Crippen molar-refractivity contribution in [3.8, 4) is 5.75 Å². The number of rotatable bonds is 5. The summed E-state index contributed by atoms with van der Waals surface area (Å²) in [6.45, 7) is 5.79. The predicted molar refractivity (Wildman–Crippen MR) is 72.6 cm³/mol. The maximum absolute atomic E-state index is 11.4. The first kappa shape index (κ1) is 15.0. The van der Waals surface area contributed by atoms with Gasteiger partial charge >= 0.3 is 0 Å². The molecule has 0 fully saturated rings. The molecule has 0 saturated carbocycles. The lowest BCUT2D eigenvalue weighted by Crippen LogP contribution is -2.43. The van der Waals surface area contributed by atoms with E-state index >= 15 is 0 Å². The van der Waals surface area contributed by atoms with Gasteiger partial charge in [0, 0.05) is 6.42 Å². The van der Waals surface area contributed by atoms with Crippen molar-refractivity contribution in [1.29, 1.82) is 0 Å². The van der Waals surface area contributed by atoms with Gasteiger partial charge in [-0.3, -0.25) is 20.4 Å². The smallest absolute Gasteiger partial charge is 0.276 e. The lowest BCUT2D eigenvalue weighted by molar-refractivity contribution is -0.129. The van der Waals surface area contributed by atoms with Gasteiger partial charge in [0.1, 0.15) is 5.75 Å². The summed E-state index contributed by atoms with van der Waals surface area (Å²) in [6.07, 6.45) is 0.317. The summed E-state index contributed by atoms with van der Waals surface area (Å²) < 4.78 is 5.31. The Morgan fingerprint density at radius 3 is 2.21 bits per heavy atom. The van der Waals surface area contributed by atoms with Crippen LogP contribution < -0.4 is 15.6 Å². The SMILES string of the molecule is CCC(=O)NNC(=O)COc1ccc(C(C)C)cc1. The molecule has 19 heavy (non-hydrogen) atoms. The van der Waals surface area contributed by atoms with E-state index in [1.807, 2.05) is 24.3 Å². The van der Waals surface area contributed by atoms with E-state index in [1.54, 1.807) is 6.92 Å². The fourth-order valence-corrected chi connectivity index (χ4v) is 1.36. The summed E-state index contributed by atoms with van der Waals surface area (Å²) in [5.74, 6) is 0.451. The molecule has 1 aromatic carbocycles. The number of amides is 2. The zero-order valence-electron chi connectivity index (χ0n) is 11.5. The van der Waals surface area contributed by atoms with E-state index in [4.69, 9.17) is 4.74 Å². The zero-order chi connectivity index (χ0) is 14.3. The Morgan fingerprint density at radius 2 is 1.68 bits per heavy atom. The third-order valence-corrected chi connectivity index (χ3v) is 2.58. The summed E-state index contributed by atoms with van der Waals surface area (Å²) in [4.78, 5) is 22.3. The van der Waals surface area contributed by atoms with Gasteiger partial charge in [0.25, 0.3) is 5.91 Å². The van der Waals surface area contributed by atoms with Crippen LogP contribution in [0, 0.1) is 0 Å². The van der Waals surface area contributed by atoms with Crippen LogP contribution in [0.3, 0.4) is 0 Å². The molecule has 1 rings (SSSR count). The Hall–Kier alpha value is -2.04. The molecule has 0 heterocycles. The number of hydrazine groups is 1. The van der Waals surface area contributed by atoms with E-state index in [0.717, 1.165) is 0 Å². The Balaban J connectivity index is 2.35. The predicted octanol–water partition coefficient (Wildman–Crippen LogP) is 1.75. The fourth-order valence-electron chi connectivity index (χ4n) is 1.36. The number of ether oxygens (including phenoxy) is 1. The fraction of sp³-hybridized carbons (Fsp3) is 0.429. The van der Waals surface area contributed by atoms with E-state index in [9.17, 15) is 9.59 Å². The molecular weight excluding hydrogens is 244 g/mol. The molecule has 0 aliphatic heterocycles. The summed E-state index contributed by atoms with van der Waals surface area (Å²) in [5, 5.41) is 0. The van der Waals surface area contributed by atoms with Gasteiger partial charge in [-0.2, -0.15) is 0 Å². The van der Waals surface area contributed by atoms with Crippen molar-refractivity contribution in [2.24, 2.45) is 0 Å². The van der Waals surface area contributed by atoms with Crippen molar-refractivity contribution in [1.82, 2.24) is 10.9 Å². The maximum atomic E-state index is 11.4. The summed E-state index contributed by atoms with van der Waals surface area (Å²) in [7, 11) is 0. The van der Waals surface area contributed by atoms with Crippen LogP contribution in [0.1, 0.15) is 38.7 Å². The van der Waals surface area contributed by atoms with Crippen molar-refractivity contribution in [3.05, 3.63) is 29.8 Å². The van der Waals surface area contributed by atoms with E-state index < -0.39 is 5.91 Å². The molecule has 0 aliphatic carbocycles. The molecular formula is C14H20N2O3. The molecule has 0 radical (unpaired) electrons. The highest BCUT2D eigenvalue weighted by Crippen LogP contribution is 2.18. The van der Waals surface area contributed by atoms with Crippen LogP contribution >= 0.6 is 0 Å². The number of hydrogen-bond donors (Lipinski definition) is 2. The van der Waals surface area contributed by atoms with Gasteiger partial charge in [-0.1, -0.05) is 32.9 Å². The van der Waals surface area contributed by atoms with Crippen LogP contribution in [0.5, 0.6) is 5.75 Å². The summed E-state index contributed by atoms with van der Waals surface area (Å²) >= 11 is 0. The minimum absolute atomic E-state index is 0.134. The summed E-state index contributed by atoms with van der Waals surface area (Å²) in [5.41, 5.74) is 5.76. The Kier molecular flexibility index (Phi) is 5.85. The standard InChI is InChI=1S/C14H20N2O3/c1-4-13(17)15-16-14(18)9-19-12-7-5-11(6-8-12)10(2)3/h5-8,10H,4,9H2,1-3H3,(H,15,17)(H,16,18). The highest BCUT2D eigenvalue weighted by atomic mass is 16.5. The van der Waals surface area contributed by atoms with Crippen molar-refractivity contribution >= 4 is 11.8 Å². The third kappa shape index (κ3) is 5.42. The minimum Gasteiger partial charge on any atom is -0.484 e. The first-order chi connectivity index (χ1) is 9.02. The molecule has 5 heteroatoms. The molecule has 1 aromatic rings. The monoisotopic (exact) mass is 264 g/mol. The molecule has 0 aliphatic rings. The third-order valence-electron chi connectivity index (χ3n) is 2.58. The summed E-state index contributed by atoms with van der Waals surface area (Å²) in [6, 6.07) is 7.59. The molecule has 2 N–H and O–H groups in total. The second kappa shape index (κ2) is 7.41. The number of nitrogens with one attached hydrogen (secondary N) is 2. The van der Waals surface area contributed by atoms with Crippen molar-refractivity contribution in [3.63, 3.8) is 0 Å². The van der Waals surface area contributed by atoms with Gasteiger partial charge in [0.15, 0.2) is 6.61 Å². The van der Waals surface area contributed by atoms with E-state index in [2.05, 4.69) is 24.7 Å². The molecule has 0 saturated heterocycles. The molecule has 104 valence electrons. The van der Waals surface area contributed by atoms with Crippen molar-refractivity contribution < 1.29 is 14.3 Å². The molecule has 0 atom stereocenters. The highest BCUT2D eigenvalue weighted by Gasteiger charge is 2.04. The van der Waals surface area contributed by atoms with E-state index in [1.165, 1.54) is 5.56 Å². The number of hydrogen-bond acceptors (Lipinski definition) is 3. The lowest BCUT2D eigenvalue weighted by Gasteiger charge is -2.09. The maximum Gasteiger partial charge on any atom is 0.276 e. The highest BCUT2D eigenvalue weighted by molar-refractivity contribution is 5.82. The zero-order valence-corrected chi connectivity index (χ0v) is 11.5. The molecule has 0 bridgehead atoms. The lowest BCUT2D eigenvalue weighted by atomic mass is 10.0.